The van der Waals surface area contributed by atoms with Gasteiger partial charge in [0.15, 0.2) is 6.10 Å². The highest BCUT2D eigenvalue weighted by Gasteiger charge is 2.18. The summed E-state index contributed by atoms with van der Waals surface area (Å²) in [6.07, 6.45) is 1.07. The summed E-state index contributed by atoms with van der Waals surface area (Å²) in [5.41, 5.74) is 1.41. The predicted octanol–water partition coefficient (Wildman–Crippen LogP) is 1.08. The van der Waals surface area contributed by atoms with E-state index in [1.165, 1.54) is 0 Å². The molecule has 0 spiro atoms. The number of amides is 1. The van der Waals surface area contributed by atoms with Crippen LogP contribution in [0.4, 0.5) is 0 Å². The van der Waals surface area contributed by atoms with Crippen molar-refractivity contribution in [2.24, 2.45) is 5.92 Å². The van der Waals surface area contributed by atoms with Crippen LogP contribution in [0.3, 0.4) is 0 Å². The zero-order valence-corrected chi connectivity index (χ0v) is 12.2. The first kappa shape index (κ1) is 16.1. The number of carbonyl (C=O) groups excluding carboxylic acids is 1. The van der Waals surface area contributed by atoms with Gasteiger partial charge in [-0.05, 0) is 24.1 Å². The highest BCUT2D eigenvalue weighted by molar-refractivity contribution is 5.81. The molecular weight excluding hydrogens is 280 g/mol. The average Bonchev–Trinajstić information content (AvgIpc) is 2.59. The van der Waals surface area contributed by atoms with Crippen molar-refractivity contribution in [3.63, 3.8) is 0 Å². The summed E-state index contributed by atoms with van der Waals surface area (Å²) in [7, 11) is 0. The Balaban J connectivity index is 1.86. The lowest BCUT2D eigenvalue weighted by Gasteiger charge is -2.17. The molecule has 2 rings (SSSR count). The van der Waals surface area contributed by atoms with E-state index in [0.29, 0.717) is 12.0 Å². The van der Waals surface area contributed by atoms with Crippen LogP contribution in [0.25, 0.3) is 0 Å². The summed E-state index contributed by atoms with van der Waals surface area (Å²) in [6, 6.07) is 14.3. The van der Waals surface area contributed by atoms with Gasteiger partial charge in [0, 0.05) is 31.0 Å². The molecule has 5 nitrogen and oxygen atoms in total. The Morgan fingerprint density at radius 2 is 1.86 bits per heavy atom. The van der Waals surface area contributed by atoms with E-state index in [0.717, 1.165) is 5.69 Å². The Morgan fingerprint density at radius 3 is 2.50 bits per heavy atom. The molecule has 3 N–H and O–H groups in total. The Kier molecular flexibility index (Phi) is 6.06. The Morgan fingerprint density at radius 1 is 1.14 bits per heavy atom. The number of aliphatic hydroxyl groups excluding tert-OH is 2. The molecule has 0 aliphatic rings. The molecule has 1 unspecified atom stereocenters. The molecule has 0 fully saturated rings. The number of aliphatic hydroxyl groups is 2. The van der Waals surface area contributed by atoms with Gasteiger partial charge in [-0.2, -0.15) is 0 Å². The fourth-order valence-corrected chi connectivity index (χ4v) is 2.14. The second kappa shape index (κ2) is 8.26. The Bertz CT molecular complexity index is 575. The maximum Gasteiger partial charge on any atom is 0.253 e. The molecule has 0 aliphatic carbocycles. The lowest BCUT2D eigenvalue weighted by atomic mass is 10.0. The van der Waals surface area contributed by atoms with Crippen LogP contribution in [0, 0.1) is 5.92 Å². The van der Waals surface area contributed by atoms with Gasteiger partial charge < -0.3 is 15.5 Å². The number of carbonyl (C=O) groups is 1. The average molecular weight is 300 g/mol. The highest BCUT2D eigenvalue weighted by atomic mass is 16.3. The van der Waals surface area contributed by atoms with E-state index >= 15 is 0 Å². The van der Waals surface area contributed by atoms with Gasteiger partial charge in [0.2, 0.25) is 0 Å². The van der Waals surface area contributed by atoms with Crippen molar-refractivity contribution in [3.05, 3.63) is 66.0 Å². The molecular formula is C17H20N2O3. The zero-order chi connectivity index (χ0) is 15.8. The molecule has 116 valence electrons. The fourth-order valence-electron chi connectivity index (χ4n) is 2.14. The summed E-state index contributed by atoms with van der Waals surface area (Å²) in [6.45, 7) is 0.230. The van der Waals surface area contributed by atoms with Gasteiger partial charge in [-0.3, -0.25) is 9.78 Å². The molecule has 1 aromatic carbocycles. The third kappa shape index (κ3) is 4.65. The molecule has 1 amide bonds. The van der Waals surface area contributed by atoms with E-state index in [1.807, 2.05) is 24.3 Å². The number of nitrogens with zero attached hydrogens (tertiary/aromatic N) is 1. The van der Waals surface area contributed by atoms with Crippen molar-refractivity contribution in [2.75, 3.05) is 13.2 Å². The summed E-state index contributed by atoms with van der Waals surface area (Å²) < 4.78 is 0. The van der Waals surface area contributed by atoms with Crippen molar-refractivity contribution in [3.8, 4) is 0 Å². The van der Waals surface area contributed by atoms with Crippen LogP contribution in [-0.4, -0.2) is 34.3 Å². The number of rotatable bonds is 7. The minimum absolute atomic E-state index is 0.0573. The topological polar surface area (TPSA) is 82.5 Å². The SMILES string of the molecule is O=C(NCC(CO)Cc1ccccn1)[C@@H](O)c1ccccc1. The van der Waals surface area contributed by atoms with E-state index in [1.54, 1.807) is 30.5 Å². The van der Waals surface area contributed by atoms with Crippen LogP contribution in [-0.2, 0) is 11.2 Å². The zero-order valence-electron chi connectivity index (χ0n) is 12.2. The first-order valence-electron chi connectivity index (χ1n) is 7.22. The van der Waals surface area contributed by atoms with Crippen LogP contribution in [0.1, 0.15) is 17.4 Å². The van der Waals surface area contributed by atoms with E-state index < -0.39 is 12.0 Å². The van der Waals surface area contributed by atoms with Crippen LogP contribution >= 0.6 is 0 Å². The standard InChI is InChI=1S/C17H20N2O3/c20-12-13(10-15-8-4-5-9-18-15)11-19-17(22)16(21)14-6-2-1-3-7-14/h1-9,13,16,20-21H,10-12H2,(H,19,22)/t13?,16-/m0/s1. The van der Waals surface area contributed by atoms with Gasteiger partial charge >= 0.3 is 0 Å². The van der Waals surface area contributed by atoms with Crippen molar-refractivity contribution in [2.45, 2.75) is 12.5 Å². The van der Waals surface area contributed by atoms with Crippen LogP contribution < -0.4 is 5.32 Å². The maximum atomic E-state index is 12.0. The largest absolute Gasteiger partial charge is 0.396 e. The van der Waals surface area contributed by atoms with Gasteiger partial charge in [-0.1, -0.05) is 36.4 Å². The minimum atomic E-state index is -1.20. The number of hydrogen-bond acceptors (Lipinski definition) is 4. The molecule has 1 heterocycles. The lowest BCUT2D eigenvalue weighted by Crippen LogP contribution is -2.35. The van der Waals surface area contributed by atoms with Crippen molar-refractivity contribution >= 4 is 5.91 Å². The van der Waals surface area contributed by atoms with E-state index in [9.17, 15) is 15.0 Å². The van der Waals surface area contributed by atoms with E-state index in [-0.39, 0.29) is 19.1 Å². The third-order valence-corrected chi connectivity index (χ3v) is 3.41. The van der Waals surface area contributed by atoms with Crippen molar-refractivity contribution in [1.29, 1.82) is 0 Å². The van der Waals surface area contributed by atoms with Crippen molar-refractivity contribution < 1.29 is 15.0 Å². The number of benzene rings is 1. The predicted molar refractivity (Wildman–Crippen MR) is 82.9 cm³/mol. The molecule has 2 atom stereocenters. The number of pyridine rings is 1. The molecule has 5 heteroatoms. The lowest BCUT2D eigenvalue weighted by molar-refractivity contribution is -0.129. The van der Waals surface area contributed by atoms with Crippen LogP contribution in [0.15, 0.2) is 54.7 Å². The second-order valence-electron chi connectivity index (χ2n) is 5.13. The number of hydrogen-bond donors (Lipinski definition) is 3. The Labute approximate surface area is 129 Å². The highest BCUT2D eigenvalue weighted by Crippen LogP contribution is 2.12. The monoisotopic (exact) mass is 300 g/mol. The normalized spacial score (nSPS) is 13.4. The van der Waals surface area contributed by atoms with Crippen molar-refractivity contribution in [1.82, 2.24) is 10.3 Å². The van der Waals surface area contributed by atoms with E-state index in [2.05, 4.69) is 10.3 Å². The van der Waals surface area contributed by atoms with Gasteiger partial charge in [0.05, 0.1) is 0 Å². The number of nitrogens with one attached hydrogen (secondary N) is 1. The Hall–Kier alpha value is -2.24. The van der Waals surface area contributed by atoms with Crippen LogP contribution in [0.2, 0.25) is 0 Å². The molecule has 2 aromatic rings. The minimum Gasteiger partial charge on any atom is -0.396 e. The second-order valence-corrected chi connectivity index (χ2v) is 5.13. The molecule has 0 saturated carbocycles. The molecule has 1 aromatic heterocycles. The molecule has 0 saturated heterocycles. The quantitative estimate of drug-likeness (QED) is 0.714. The summed E-state index contributed by atoms with van der Waals surface area (Å²) in [5, 5.41) is 22.1. The molecule has 0 radical (unpaired) electrons. The smallest absolute Gasteiger partial charge is 0.253 e. The van der Waals surface area contributed by atoms with Crippen LogP contribution in [0.5, 0.6) is 0 Å². The van der Waals surface area contributed by atoms with Gasteiger partial charge in [-0.15, -0.1) is 0 Å². The third-order valence-electron chi connectivity index (χ3n) is 3.41. The maximum absolute atomic E-state index is 12.0. The first-order chi connectivity index (χ1) is 10.7. The molecule has 0 bridgehead atoms. The first-order valence-corrected chi connectivity index (χ1v) is 7.22. The fraction of sp³-hybridized carbons (Fsp3) is 0.294. The summed E-state index contributed by atoms with van der Waals surface area (Å²) in [4.78, 5) is 16.2. The molecule has 22 heavy (non-hydrogen) atoms. The van der Waals surface area contributed by atoms with Gasteiger partial charge in [0.1, 0.15) is 0 Å². The van der Waals surface area contributed by atoms with Gasteiger partial charge in [-0.25, -0.2) is 0 Å². The van der Waals surface area contributed by atoms with E-state index in [4.69, 9.17) is 0 Å². The number of aromatic nitrogens is 1. The van der Waals surface area contributed by atoms with Gasteiger partial charge in [0.25, 0.3) is 5.91 Å². The molecule has 0 aliphatic heterocycles. The summed E-state index contributed by atoms with van der Waals surface area (Å²) >= 11 is 0. The summed E-state index contributed by atoms with van der Waals surface area (Å²) in [5.74, 6) is -0.604.